The lowest BCUT2D eigenvalue weighted by Gasteiger charge is -2.40. The van der Waals surface area contributed by atoms with Gasteiger partial charge in [0.25, 0.3) is 0 Å². The van der Waals surface area contributed by atoms with Crippen LogP contribution < -0.4 is 10.6 Å². The second kappa shape index (κ2) is 5.62. The molecule has 1 atom stereocenters. The molecule has 1 unspecified atom stereocenters. The van der Waals surface area contributed by atoms with Crippen LogP contribution in [0.15, 0.2) is 0 Å². The van der Waals surface area contributed by atoms with Gasteiger partial charge < -0.3 is 10.6 Å². The van der Waals surface area contributed by atoms with E-state index in [0.717, 1.165) is 26.2 Å². The van der Waals surface area contributed by atoms with E-state index in [9.17, 15) is 4.79 Å². The number of hydrogen-bond donors (Lipinski definition) is 3. The van der Waals surface area contributed by atoms with Crippen LogP contribution in [-0.2, 0) is 4.79 Å². The summed E-state index contributed by atoms with van der Waals surface area (Å²) in [4.78, 5) is 14.6. The minimum Gasteiger partial charge on any atom is -0.345 e. The van der Waals surface area contributed by atoms with Gasteiger partial charge in [0.15, 0.2) is 5.82 Å². The summed E-state index contributed by atoms with van der Waals surface area (Å²) >= 11 is 0. The third-order valence-corrected chi connectivity index (χ3v) is 3.56. The van der Waals surface area contributed by atoms with Crippen LogP contribution in [0.5, 0.6) is 0 Å². The van der Waals surface area contributed by atoms with Crippen LogP contribution in [0.3, 0.4) is 0 Å². The minimum atomic E-state index is -0.542. The molecule has 1 aliphatic heterocycles. The van der Waals surface area contributed by atoms with Gasteiger partial charge in [0, 0.05) is 26.2 Å². The number of nitrogens with zero attached hydrogens (tertiary/aromatic N) is 4. The summed E-state index contributed by atoms with van der Waals surface area (Å²) in [6.07, 6.45) is 0. The number of aromatic amines is 1. The molecule has 106 valence electrons. The van der Waals surface area contributed by atoms with Crippen molar-refractivity contribution < 1.29 is 4.79 Å². The van der Waals surface area contributed by atoms with E-state index >= 15 is 0 Å². The van der Waals surface area contributed by atoms with Gasteiger partial charge >= 0.3 is 0 Å². The van der Waals surface area contributed by atoms with Crippen LogP contribution in [0, 0.1) is 0 Å². The number of rotatable bonds is 4. The molecule has 1 saturated heterocycles. The number of H-pyrrole nitrogens is 1. The summed E-state index contributed by atoms with van der Waals surface area (Å²) in [5.41, 5.74) is -0.542. The summed E-state index contributed by atoms with van der Waals surface area (Å²) in [6, 6.07) is -0.256. The van der Waals surface area contributed by atoms with E-state index in [1.807, 2.05) is 20.8 Å². The first-order chi connectivity index (χ1) is 9.01. The fourth-order valence-electron chi connectivity index (χ4n) is 2.16. The first-order valence-corrected chi connectivity index (χ1v) is 6.52. The molecule has 19 heavy (non-hydrogen) atoms. The van der Waals surface area contributed by atoms with Crippen LogP contribution in [0.4, 0.5) is 0 Å². The number of amides is 1. The third-order valence-electron chi connectivity index (χ3n) is 3.56. The number of piperazine rings is 1. The summed E-state index contributed by atoms with van der Waals surface area (Å²) < 4.78 is 0. The van der Waals surface area contributed by atoms with E-state index in [-0.39, 0.29) is 11.9 Å². The fourth-order valence-corrected chi connectivity index (χ4v) is 2.16. The van der Waals surface area contributed by atoms with E-state index in [1.165, 1.54) is 0 Å². The molecule has 8 heteroatoms. The van der Waals surface area contributed by atoms with Crippen molar-refractivity contribution in [3.05, 3.63) is 5.82 Å². The molecule has 0 saturated carbocycles. The Balaban J connectivity index is 1.97. The molecule has 0 spiro atoms. The molecule has 1 amide bonds. The summed E-state index contributed by atoms with van der Waals surface area (Å²) in [5.74, 6) is 0.469. The van der Waals surface area contributed by atoms with Crippen LogP contribution in [0.1, 0.15) is 32.6 Å². The predicted octanol–water partition coefficient (Wildman–Crippen LogP) is -0.939. The molecular formula is C11H21N7O. The van der Waals surface area contributed by atoms with Crippen LogP contribution in [0.25, 0.3) is 0 Å². The Morgan fingerprint density at radius 3 is 2.68 bits per heavy atom. The first kappa shape index (κ1) is 13.9. The third kappa shape index (κ3) is 3.07. The maximum Gasteiger partial charge on any atom is 0.240 e. The fraction of sp³-hybridized carbons (Fsp3) is 0.818. The molecule has 1 aromatic rings. The van der Waals surface area contributed by atoms with Gasteiger partial charge in [-0.25, -0.2) is 0 Å². The lowest BCUT2D eigenvalue weighted by atomic mass is 10.00. The van der Waals surface area contributed by atoms with Gasteiger partial charge in [-0.05, 0) is 20.8 Å². The van der Waals surface area contributed by atoms with Gasteiger partial charge in [0.05, 0.1) is 11.6 Å². The number of carbonyl (C=O) groups is 1. The summed E-state index contributed by atoms with van der Waals surface area (Å²) in [6.45, 7) is 9.30. The standard InChI is InChI=1S/C11H21N7O/c1-8(9-14-16-17-15-9)13-10(19)11(2,3)18-6-4-12-5-7-18/h8,12H,4-7H2,1-3H3,(H,13,19)(H,14,15,16,17). The van der Waals surface area contributed by atoms with Gasteiger partial charge in [-0.15, -0.1) is 10.2 Å². The smallest absolute Gasteiger partial charge is 0.240 e. The molecule has 1 aromatic heterocycles. The maximum atomic E-state index is 12.4. The van der Waals surface area contributed by atoms with Crippen LogP contribution >= 0.6 is 0 Å². The highest BCUT2D eigenvalue weighted by atomic mass is 16.2. The maximum absolute atomic E-state index is 12.4. The first-order valence-electron chi connectivity index (χ1n) is 6.52. The summed E-state index contributed by atoms with van der Waals surface area (Å²) in [5, 5.41) is 19.9. The van der Waals surface area contributed by atoms with E-state index in [2.05, 4.69) is 36.2 Å². The molecular weight excluding hydrogens is 246 g/mol. The summed E-state index contributed by atoms with van der Waals surface area (Å²) in [7, 11) is 0. The Morgan fingerprint density at radius 2 is 2.11 bits per heavy atom. The zero-order valence-electron chi connectivity index (χ0n) is 11.6. The predicted molar refractivity (Wildman–Crippen MR) is 69.3 cm³/mol. The quantitative estimate of drug-likeness (QED) is 0.651. The Bertz CT molecular complexity index is 411. The second-order valence-electron chi connectivity index (χ2n) is 5.26. The van der Waals surface area contributed by atoms with Crippen molar-refractivity contribution in [2.45, 2.75) is 32.4 Å². The van der Waals surface area contributed by atoms with Crippen LogP contribution in [0.2, 0.25) is 0 Å². The number of aromatic nitrogens is 4. The van der Waals surface area contributed by atoms with Gasteiger partial charge in [-0.3, -0.25) is 9.69 Å². The van der Waals surface area contributed by atoms with Gasteiger partial charge in [0.2, 0.25) is 5.91 Å². The van der Waals surface area contributed by atoms with Gasteiger partial charge in [-0.1, -0.05) is 5.21 Å². The van der Waals surface area contributed by atoms with Crippen molar-refractivity contribution in [1.29, 1.82) is 0 Å². The molecule has 2 heterocycles. The molecule has 0 aromatic carbocycles. The molecule has 8 nitrogen and oxygen atoms in total. The molecule has 1 fully saturated rings. The van der Waals surface area contributed by atoms with E-state index in [0.29, 0.717) is 5.82 Å². The zero-order valence-corrected chi connectivity index (χ0v) is 11.6. The highest BCUT2D eigenvalue weighted by Gasteiger charge is 2.36. The molecule has 2 rings (SSSR count). The van der Waals surface area contributed by atoms with Crippen molar-refractivity contribution >= 4 is 5.91 Å². The number of tetrazole rings is 1. The Kier molecular flexibility index (Phi) is 4.11. The number of nitrogens with one attached hydrogen (secondary N) is 3. The Labute approximate surface area is 112 Å². The van der Waals surface area contributed by atoms with E-state index in [4.69, 9.17) is 0 Å². The zero-order chi connectivity index (χ0) is 13.9. The van der Waals surface area contributed by atoms with Crippen molar-refractivity contribution in [2.75, 3.05) is 26.2 Å². The lowest BCUT2D eigenvalue weighted by molar-refractivity contribution is -0.132. The average Bonchev–Trinajstić information content (AvgIpc) is 2.93. The second-order valence-corrected chi connectivity index (χ2v) is 5.26. The number of carbonyl (C=O) groups excluding carboxylic acids is 1. The van der Waals surface area contributed by atoms with E-state index in [1.54, 1.807) is 0 Å². The SMILES string of the molecule is CC(NC(=O)C(C)(C)N1CCNCC1)c1nn[nH]n1. The molecule has 0 bridgehead atoms. The largest absolute Gasteiger partial charge is 0.345 e. The van der Waals surface area contributed by atoms with Crippen molar-refractivity contribution in [1.82, 2.24) is 36.2 Å². The minimum absolute atomic E-state index is 0.0216. The van der Waals surface area contributed by atoms with Crippen LogP contribution in [-0.4, -0.2) is 63.1 Å². The highest BCUT2D eigenvalue weighted by molar-refractivity contribution is 5.85. The van der Waals surface area contributed by atoms with Gasteiger partial charge in [-0.2, -0.15) is 5.21 Å². The Hall–Kier alpha value is -1.54. The van der Waals surface area contributed by atoms with Crippen molar-refractivity contribution in [3.8, 4) is 0 Å². The van der Waals surface area contributed by atoms with Gasteiger partial charge in [0.1, 0.15) is 0 Å². The number of hydrogen-bond acceptors (Lipinski definition) is 6. The molecule has 1 aliphatic rings. The molecule has 3 N–H and O–H groups in total. The highest BCUT2D eigenvalue weighted by Crippen LogP contribution is 2.17. The Morgan fingerprint density at radius 1 is 1.42 bits per heavy atom. The lowest BCUT2D eigenvalue weighted by Crippen LogP contribution is -2.60. The molecule has 0 radical (unpaired) electrons. The van der Waals surface area contributed by atoms with Crippen molar-refractivity contribution in [3.63, 3.8) is 0 Å². The van der Waals surface area contributed by atoms with E-state index < -0.39 is 5.54 Å². The molecule has 0 aliphatic carbocycles. The monoisotopic (exact) mass is 267 g/mol. The topological polar surface area (TPSA) is 98.8 Å². The normalized spacial score (nSPS) is 19.1. The average molecular weight is 267 g/mol. The van der Waals surface area contributed by atoms with Crippen molar-refractivity contribution in [2.24, 2.45) is 0 Å².